The molecule has 0 saturated heterocycles. The smallest absolute Gasteiger partial charge is 0.136 e. The zero-order chi connectivity index (χ0) is 11.5. The minimum Gasteiger partial charge on any atom is -0.222 e. The molecule has 0 aliphatic rings. The lowest BCUT2D eigenvalue weighted by Crippen LogP contribution is -1.96. The third-order valence-corrected chi connectivity index (χ3v) is 3.04. The molecule has 1 heterocycles. The number of para-hydroxylation sites is 1. The van der Waals surface area contributed by atoms with Gasteiger partial charge >= 0.3 is 0 Å². The van der Waals surface area contributed by atoms with E-state index in [0.29, 0.717) is 11.0 Å². The first-order chi connectivity index (χ1) is 7.74. The second kappa shape index (κ2) is 4.89. The van der Waals surface area contributed by atoms with E-state index in [1.54, 1.807) is 4.68 Å². The van der Waals surface area contributed by atoms with E-state index < -0.39 is 0 Å². The van der Waals surface area contributed by atoms with Gasteiger partial charge in [0.05, 0.1) is 11.4 Å². The largest absolute Gasteiger partial charge is 0.222 e. The maximum absolute atomic E-state index is 6.28. The summed E-state index contributed by atoms with van der Waals surface area (Å²) in [6.07, 6.45) is 0.749. The zero-order valence-corrected chi connectivity index (χ0v) is 10.5. The van der Waals surface area contributed by atoms with Gasteiger partial charge in [0, 0.05) is 11.4 Å². The van der Waals surface area contributed by atoms with E-state index in [1.165, 1.54) is 0 Å². The lowest BCUT2D eigenvalue weighted by atomic mass is 10.2. The molecule has 16 heavy (non-hydrogen) atoms. The Morgan fingerprint density at radius 2 is 1.94 bits per heavy atom. The highest BCUT2D eigenvalue weighted by Crippen LogP contribution is 2.23. The van der Waals surface area contributed by atoms with E-state index in [1.807, 2.05) is 37.3 Å². The zero-order valence-electron chi connectivity index (χ0n) is 8.95. The Labute approximate surface area is 105 Å². The summed E-state index contributed by atoms with van der Waals surface area (Å²) in [5.41, 5.74) is 2.94. The van der Waals surface area contributed by atoms with Gasteiger partial charge in [-0.3, -0.25) is 0 Å². The number of halogens is 2. The van der Waals surface area contributed by atoms with Crippen LogP contribution in [0.5, 0.6) is 0 Å². The molecular weight excluding hydrogens is 243 g/mol. The average molecular weight is 255 g/mol. The summed E-state index contributed by atoms with van der Waals surface area (Å²) in [6, 6.07) is 9.84. The fraction of sp³-hybridized carbons (Fsp3) is 0.250. The number of aromatic nitrogens is 2. The monoisotopic (exact) mass is 254 g/mol. The Balaban J connectivity index is 2.47. The highest BCUT2D eigenvalue weighted by Gasteiger charge is 2.13. The summed E-state index contributed by atoms with van der Waals surface area (Å²) in [6.45, 7) is 1.95. The number of aryl methyl sites for hydroxylation is 1. The molecule has 0 unspecified atom stereocenters. The summed E-state index contributed by atoms with van der Waals surface area (Å²) in [5.74, 6) is 0.557. The van der Waals surface area contributed by atoms with Gasteiger partial charge in [0.15, 0.2) is 0 Å². The van der Waals surface area contributed by atoms with E-state index in [0.717, 1.165) is 23.4 Å². The topological polar surface area (TPSA) is 17.8 Å². The molecule has 0 N–H and O–H groups in total. The van der Waals surface area contributed by atoms with Crippen molar-refractivity contribution < 1.29 is 0 Å². The van der Waals surface area contributed by atoms with Crippen molar-refractivity contribution in [1.82, 2.24) is 9.78 Å². The minimum atomic E-state index is 0.557. The van der Waals surface area contributed by atoms with Crippen molar-refractivity contribution in [3.8, 4) is 5.69 Å². The van der Waals surface area contributed by atoms with E-state index in [2.05, 4.69) is 5.10 Å². The molecule has 0 radical (unpaired) electrons. The third-order valence-electron chi connectivity index (χ3n) is 2.47. The van der Waals surface area contributed by atoms with Crippen molar-refractivity contribution in [1.29, 1.82) is 0 Å². The molecule has 1 aromatic heterocycles. The number of hydrogen-bond donors (Lipinski definition) is 0. The first-order valence-electron chi connectivity index (χ1n) is 5.09. The summed E-state index contributed by atoms with van der Waals surface area (Å²) in [7, 11) is 0. The maximum atomic E-state index is 6.28. The second-order valence-electron chi connectivity index (χ2n) is 3.54. The molecule has 4 heteroatoms. The van der Waals surface area contributed by atoms with E-state index in [4.69, 9.17) is 23.2 Å². The number of hydrogen-bond acceptors (Lipinski definition) is 1. The highest BCUT2D eigenvalue weighted by molar-refractivity contribution is 6.30. The fourth-order valence-corrected chi connectivity index (χ4v) is 2.21. The lowest BCUT2D eigenvalue weighted by molar-refractivity contribution is 0.863. The number of benzene rings is 1. The normalized spacial score (nSPS) is 10.7. The predicted molar refractivity (Wildman–Crippen MR) is 67.7 cm³/mol. The molecule has 2 aromatic rings. The van der Waals surface area contributed by atoms with E-state index in [9.17, 15) is 0 Å². The minimum absolute atomic E-state index is 0.557. The average Bonchev–Trinajstić information content (AvgIpc) is 2.59. The van der Waals surface area contributed by atoms with Crippen molar-refractivity contribution in [3.05, 3.63) is 46.7 Å². The van der Waals surface area contributed by atoms with Gasteiger partial charge < -0.3 is 0 Å². The quantitative estimate of drug-likeness (QED) is 0.766. The summed E-state index contributed by atoms with van der Waals surface area (Å²) < 4.78 is 1.75. The van der Waals surface area contributed by atoms with Crippen LogP contribution < -0.4 is 0 Å². The van der Waals surface area contributed by atoms with Gasteiger partial charge in [-0.05, 0) is 25.5 Å². The van der Waals surface area contributed by atoms with Crippen molar-refractivity contribution in [2.24, 2.45) is 0 Å². The Kier molecular flexibility index (Phi) is 3.52. The van der Waals surface area contributed by atoms with Gasteiger partial charge in [0.1, 0.15) is 5.15 Å². The van der Waals surface area contributed by atoms with Crippen LogP contribution in [0.2, 0.25) is 5.15 Å². The van der Waals surface area contributed by atoms with Crippen molar-refractivity contribution in [2.75, 3.05) is 5.88 Å². The van der Waals surface area contributed by atoms with Crippen LogP contribution >= 0.6 is 23.2 Å². The van der Waals surface area contributed by atoms with Crippen molar-refractivity contribution >= 4 is 23.2 Å². The van der Waals surface area contributed by atoms with Crippen LogP contribution in [0.1, 0.15) is 11.3 Å². The molecule has 0 saturated carbocycles. The molecule has 84 valence electrons. The Morgan fingerprint density at radius 1 is 1.25 bits per heavy atom. The van der Waals surface area contributed by atoms with Gasteiger partial charge in [-0.2, -0.15) is 5.10 Å². The van der Waals surface area contributed by atoms with Gasteiger partial charge in [0.2, 0.25) is 0 Å². The second-order valence-corrected chi connectivity index (χ2v) is 4.28. The molecule has 0 bridgehead atoms. The number of rotatable bonds is 3. The van der Waals surface area contributed by atoms with Crippen molar-refractivity contribution in [2.45, 2.75) is 13.3 Å². The highest BCUT2D eigenvalue weighted by atomic mass is 35.5. The van der Waals surface area contributed by atoms with Crippen LogP contribution in [0, 0.1) is 6.92 Å². The molecule has 2 nitrogen and oxygen atoms in total. The molecule has 0 atom stereocenters. The van der Waals surface area contributed by atoms with E-state index >= 15 is 0 Å². The molecule has 0 amide bonds. The molecule has 0 spiro atoms. The SMILES string of the molecule is Cc1nn(-c2ccccc2)c(Cl)c1CCCl. The Morgan fingerprint density at radius 3 is 2.56 bits per heavy atom. The molecule has 0 fully saturated rings. The summed E-state index contributed by atoms with van der Waals surface area (Å²) in [4.78, 5) is 0. The fourth-order valence-electron chi connectivity index (χ4n) is 1.65. The van der Waals surface area contributed by atoms with Gasteiger partial charge in [-0.25, -0.2) is 4.68 Å². The maximum Gasteiger partial charge on any atom is 0.136 e. The van der Waals surface area contributed by atoms with Crippen molar-refractivity contribution in [3.63, 3.8) is 0 Å². The van der Waals surface area contributed by atoms with E-state index in [-0.39, 0.29) is 0 Å². The molecule has 0 aliphatic carbocycles. The lowest BCUT2D eigenvalue weighted by Gasteiger charge is -2.02. The van der Waals surface area contributed by atoms with Gasteiger partial charge in [-0.15, -0.1) is 11.6 Å². The molecule has 2 rings (SSSR count). The van der Waals surface area contributed by atoms with Crippen LogP contribution in [0.25, 0.3) is 5.69 Å². The third kappa shape index (κ3) is 2.08. The van der Waals surface area contributed by atoms with Gasteiger partial charge in [-0.1, -0.05) is 29.8 Å². The molecular formula is C12H12Cl2N2. The van der Waals surface area contributed by atoms with Crippen LogP contribution in [-0.4, -0.2) is 15.7 Å². The van der Waals surface area contributed by atoms with Crippen LogP contribution in [0.4, 0.5) is 0 Å². The first-order valence-corrected chi connectivity index (χ1v) is 6.00. The standard InChI is InChI=1S/C12H12Cl2N2/c1-9-11(7-8-13)12(14)16(15-9)10-5-3-2-4-6-10/h2-6H,7-8H2,1H3. The van der Waals surface area contributed by atoms with Crippen LogP contribution in [0.15, 0.2) is 30.3 Å². The number of alkyl halides is 1. The van der Waals surface area contributed by atoms with Crippen LogP contribution in [0.3, 0.4) is 0 Å². The number of nitrogens with zero attached hydrogens (tertiary/aromatic N) is 2. The molecule has 0 aliphatic heterocycles. The van der Waals surface area contributed by atoms with Gasteiger partial charge in [0.25, 0.3) is 0 Å². The van der Waals surface area contributed by atoms with Crippen LogP contribution in [-0.2, 0) is 6.42 Å². The molecule has 1 aromatic carbocycles. The first kappa shape index (κ1) is 11.5. The summed E-state index contributed by atoms with van der Waals surface area (Å²) >= 11 is 12.0. The summed E-state index contributed by atoms with van der Waals surface area (Å²) in [5, 5.41) is 5.08. The predicted octanol–water partition coefficient (Wildman–Crippen LogP) is 3.62. The Hall–Kier alpha value is -0.990. The Bertz CT molecular complexity index is 477.